The molecule has 1 aromatic rings. The maximum atomic E-state index is 12.0. The van der Waals surface area contributed by atoms with Crippen LogP contribution in [0.2, 0.25) is 5.02 Å². The summed E-state index contributed by atoms with van der Waals surface area (Å²) in [6.45, 7) is 1.86. The first-order valence-corrected chi connectivity index (χ1v) is 8.31. The average molecular weight is 388 g/mol. The monoisotopic (exact) mass is 387 g/mol. The molecule has 0 aliphatic rings. The van der Waals surface area contributed by atoms with Gasteiger partial charge in [-0.15, -0.1) is 0 Å². The molecule has 26 heavy (non-hydrogen) atoms. The number of benzene rings is 1. The second-order valence-electron chi connectivity index (χ2n) is 5.03. The molecular weight excluding hydrogens is 366 g/mol. The lowest BCUT2D eigenvalue weighted by molar-refractivity contribution is -0.143. The molecule has 0 fully saturated rings. The fourth-order valence-corrected chi connectivity index (χ4v) is 2.28. The Hall–Kier alpha value is -2.48. The Labute approximate surface area is 156 Å². The first kappa shape index (κ1) is 21.6. The van der Waals surface area contributed by atoms with Crippen molar-refractivity contribution in [2.75, 3.05) is 34.0 Å². The number of methoxy groups -OCH3 is 2. The van der Waals surface area contributed by atoms with Crippen LogP contribution in [0.25, 0.3) is 0 Å². The summed E-state index contributed by atoms with van der Waals surface area (Å²) in [4.78, 5) is 34.9. The number of hydrogen-bond donors (Lipinski definition) is 1. The number of amides is 1. The summed E-state index contributed by atoms with van der Waals surface area (Å²) in [6, 6.07) is 2.77. The minimum absolute atomic E-state index is 0.128. The molecule has 1 amide bonds. The van der Waals surface area contributed by atoms with Crippen molar-refractivity contribution >= 4 is 29.4 Å². The van der Waals surface area contributed by atoms with Gasteiger partial charge in [-0.2, -0.15) is 0 Å². The lowest BCUT2D eigenvalue weighted by Gasteiger charge is -2.11. The Balaban J connectivity index is 2.45. The molecule has 0 heterocycles. The van der Waals surface area contributed by atoms with Crippen molar-refractivity contribution < 1.29 is 33.3 Å². The number of nitrogens with one attached hydrogen (secondary N) is 1. The van der Waals surface area contributed by atoms with Gasteiger partial charge in [-0.1, -0.05) is 11.6 Å². The van der Waals surface area contributed by atoms with Crippen LogP contribution < -0.4 is 14.8 Å². The van der Waals surface area contributed by atoms with Crippen LogP contribution in [0.15, 0.2) is 12.1 Å². The van der Waals surface area contributed by atoms with Crippen LogP contribution in [-0.2, 0) is 19.1 Å². The second-order valence-corrected chi connectivity index (χ2v) is 5.44. The van der Waals surface area contributed by atoms with Crippen molar-refractivity contribution in [3.8, 4) is 11.5 Å². The Morgan fingerprint density at radius 2 is 1.85 bits per heavy atom. The lowest BCUT2D eigenvalue weighted by Crippen LogP contribution is -2.30. The van der Waals surface area contributed by atoms with Gasteiger partial charge in [0.05, 0.1) is 31.4 Å². The number of hydrogen-bond acceptors (Lipinski definition) is 7. The zero-order valence-electron chi connectivity index (χ0n) is 14.9. The molecule has 0 aliphatic carbocycles. The predicted molar refractivity (Wildman–Crippen MR) is 93.7 cm³/mol. The third-order valence-corrected chi connectivity index (χ3v) is 3.47. The number of esters is 2. The highest BCUT2D eigenvalue weighted by molar-refractivity contribution is 6.32. The first-order valence-electron chi connectivity index (χ1n) is 7.93. The Morgan fingerprint density at radius 3 is 2.46 bits per heavy atom. The minimum Gasteiger partial charge on any atom is -0.493 e. The van der Waals surface area contributed by atoms with Gasteiger partial charge in [-0.25, -0.2) is 4.79 Å². The smallest absolute Gasteiger partial charge is 0.338 e. The molecule has 1 N–H and O–H groups in total. The van der Waals surface area contributed by atoms with Gasteiger partial charge in [0.2, 0.25) is 0 Å². The second kappa shape index (κ2) is 11.2. The topological polar surface area (TPSA) is 100 Å². The molecule has 0 unspecified atom stereocenters. The molecule has 144 valence electrons. The highest BCUT2D eigenvalue weighted by atomic mass is 35.5. The van der Waals surface area contributed by atoms with E-state index >= 15 is 0 Å². The van der Waals surface area contributed by atoms with Crippen LogP contribution in [0.1, 0.15) is 30.1 Å². The van der Waals surface area contributed by atoms with E-state index in [4.69, 9.17) is 30.5 Å². The average Bonchev–Trinajstić information content (AvgIpc) is 2.62. The largest absolute Gasteiger partial charge is 0.493 e. The molecular formula is C17H22ClNO7. The van der Waals surface area contributed by atoms with E-state index in [1.54, 1.807) is 6.92 Å². The molecule has 0 spiro atoms. The standard InChI is InChI=1S/C17H22ClNO7/c1-4-25-15(21)6-5-7-19-14(20)10-26-17(22)11-8-12(18)16(24-3)13(9-11)23-2/h8-9H,4-7,10H2,1-3H3,(H,19,20). The molecule has 0 bridgehead atoms. The summed E-state index contributed by atoms with van der Waals surface area (Å²) in [6.07, 6.45) is 0.641. The third-order valence-electron chi connectivity index (χ3n) is 3.19. The predicted octanol–water partition coefficient (Wildman–Crippen LogP) is 1.97. The van der Waals surface area contributed by atoms with Crippen molar-refractivity contribution in [3.05, 3.63) is 22.7 Å². The van der Waals surface area contributed by atoms with E-state index in [0.717, 1.165) is 0 Å². The van der Waals surface area contributed by atoms with E-state index in [2.05, 4.69) is 5.32 Å². The first-order chi connectivity index (χ1) is 12.4. The molecule has 8 nitrogen and oxygen atoms in total. The van der Waals surface area contributed by atoms with E-state index in [9.17, 15) is 14.4 Å². The SMILES string of the molecule is CCOC(=O)CCCNC(=O)COC(=O)c1cc(Cl)c(OC)c(OC)c1. The van der Waals surface area contributed by atoms with Gasteiger partial charge < -0.3 is 24.3 Å². The van der Waals surface area contributed by atoms with Crippen molar-refractivity contribution in [2.24, 2.45) is 0 Å². The highest BCUT2D eigenvalue weighted by Crippen LogP contribution is 2.36. The molecule has 0 radical (unpaired) electrons. The summed E-state index contributed by atoms with van der Waals surface area (Å²) < 4.78 is 19.9. The van der Waals surface area contributed by atoms with Crippen molar-refractivity contribution in [1.29, 1.82) is 0 Å². The maximum Gasteiger partial charge on any atom is 0.338 e. The van der Waals surface area contributed by atoms with Crippen LogP contribution in [0, 0.1) is 0 Å². The van der Waals surface area contributed by atoms with E-state index in [-0.39, 0.29) is 35.3 Å². The number of ether oxygens (including phenoxy) is 4. The molecule has 1 rings (SSSR count). The van der Waals surface area contributed by atoms with E-state index in [0.29, 0.717) is 18.8 Å². The van der Waals surface area contributed by atoms with Gasteiger partial charge in [0.25, 0.3) is 5.91 Å². The molecule has 0 aromatic heterocycles. The summed E-state index contributed by atoms with van der Waals surface area (Å²) >= 11 is 6.02. The fraction of sp³-hybridized carbons (Fsp3) is 0.471. The third kappa shape index (κ3) is 6.79. The molecule has 1 aromatic carbocycles. The minimum atomic E-state index is -0.727. The lowest BCUT2D eigenvalue weighted by atomic mass is 10.2. The number of rotatable bonds is 10. The Bertz CT molecular complexity index is 648. The van der Waals surface area contributed by atoms with Gasteiger partial charge in [-0.3, -0.25) is 9.59 Å². The number of carbonyl (C=O) groups is 3. The quantitative estimate of drug-likeness (QED) is 0.484. The van der Waals surface area contributed by atoms with Crippen molar-refractivity contribution in [2.45, 2.75) is 19.8 Å². The fourth-order valence-electron chi connectivity index (χ4n) is 1.99. The molecule has 0 saturated heterocycles. The highest BCUT2D eigenvalue weighted by Gasteiger charge is 2.17. The molecule has 0 aliphatic heterocycles. The summed E-state index contributed by atoms with van der Waals surface area (Å²) in [5.74, 6) is -0.956. The van der Waals surface area contributed by atoms with E-state index in [1.807, 2.05) is 0 Å². The van der Waals surface area contributed by atoms with E-state index < -0.39 is 18.5 Å². The van der Waals surface area contributed by atoms with Crippen LogP contribution >= 0.6 is 11.6 Å². The van der Waals surface area contributed by atoms with Crippen LogP contribution in [0.3, 0.4) is 0 Å². The Kier molecular flexibility index (Phi) is 9.29. The number of carbonyl (C=O) groups excluding carboxylic acids is 3. The van der Waals surface area contributed by atoms with Gasteiger partial charge in [0.15, 0.2) is 18.1 Å². The Morgan fingerprint density at radius 1 is 1.12 bits per heavy atom. The summed E-state index contributed by atoms with van der Waals surface area (Å²) in [7, 11) is 2.83. The summed E-state index contributed by atoms with van der Waals surface area (Å²) in [5.41, 5.74) is 0.128. The van der Waals surface area contributed by atoms with E-state index in [1.165, 1.54) is 26.4 Å². The summed E-state index contributed by atoms with van der Waals surface area (Å²) in [5, 5.41) is 2.73. The van der Waals surface area contributed by atoms with Gasteiger partial charge in [-0.05, 0) is 25.5 Å². The van der Waals surface area contributed by atoms with Crippen LogP contribution in [0.4, 0.5) is 0 Å². The maximum absolute atomic E-state index is 12.0. The van der Waals surface area contributed by atoms with Crippen LogP contribution in [0.5, 0.6) is 11.5 Å². The van der Waals surface area contributed by atoms with Gasteiger partial charge >= 0.3 is 11.9 Å². The normalized spacial score (nSPS) is 10.0. The molecule has 0 atom stereocenters. The van der Waals surface area contributed by atoms with Gasteiger partial charge in [0.1, 0.15) is 0 Å². The van der Waals surface area contributed by atoms with Crippen molar-refractivity contribution in [3.63, 3.8) is 0 Å². The number of halogens is 1. The van der Waals surface area contributed by atoms with Gasteiger partial charge in [0, 0.05) is 13.0 Å². The van der Waals surface area contributed by atoms with Crippen LogP contribution in [-0.4, -0.2) is 51.8 Å². The zero-order chi connectivity index (χ0) is 19.5. The molecule has 9 heteroatoms. The molecule has 0 saturated carbocycles. The zero-order valence-corrected chi connectivity index (χ0v) is 15.7. The van der Waals surface area contributed by atoms with Crippen molar-refractivity contribution in [1.82, 2.24) is 5.32 Å².